The van der Waals surface area contributed by atoms with Crippen LogP contribution in [0.25, 0.3) is 0 Å². The molecule has 2 rings (SSSR count). The van der Waals surface area contributed by atoms with Gasteiger partial charge in [-0.1, -0.05) is 60.7 Å². The zero-order valence-electron chi connectivity index (χ0n) is 13.9. The first-order chi connectivity index (χ1) is 12.0. The van der Waals surface area contributed by atoms with E-state index in [-0.39, 0.29) is 5.91 Å². The number of primary amides is 1. The van der Waals surface area contributed by atoms with Crippen LogP contribution in [0.1, 0.15) is 24.1 Å². The van der Waals surface area contributed by atoms with Crippen LogP contribution < -0.4 is 16.4 Å². The van der Waals surface area contributed by atoms with E-state index in [0.29, 0.717) is 12.0 Å². The molecule has 0 saturated carbocycles. The van der Waals surface area contributed by atoms with E-state index in [1.165, 1.54) is 6.92 Å². The van der Waals surface area contributed by atoms with Gasteiger partial charge in [-0.25, -0.2) is 0 Å². The van der Waals surface area contributed by atoms with Crippen molar-refractivity contribution in [3.8, 4) is 0 Å². The fourth-order valence-corrected chi connectivity index (χ4v) is 2.51. The van der Waals surface area contributed by atoms with Crippen LogP contribution in [-0.4, -0.2) is 23.8 Å². The number of amides is 3. The Kier molecular flexibility index (Phi) is 6.28. The second kappa shape index (κ2) is 8.63. The average molecular weight is 339 g/mol. The fraction of sp³-hybridized carbons (Fsp3) is 0.211. The molecule has 6 heteroatoms. The molecule has 0 bridgehead atoms. The standard InChI is InChI=1S/C19H21N3O3/c1-13(23)21-16(12-14-8-4-2-5-9-14)19(25)22-17(18(20)24)15-10-6-3-7-11-15/h2-11,16-17H,12H2,1H3,(H2,20,24)(H,21,23)(H,22,25)/t16-,17+/m0/s1. The third kappa shape index (κ3) is 5.46. The van der Waals surface area contributed by atoms with Gasteiger partial charge in [-0.3, -0.25) is 14.4 Å². The van der Waals surface area contributed by atoms with Crippen LogP contribution in [0, 0.1) is 0 Å². The summed E-state index contributed by atoms with van der Waals surface area (Å²) in [6.45, 7) is 1.34. The summed E-state index contributed by atoms with van der Waals surface area (Å²) in [5, 5.41) is 5.25. The third-order valence-corrected chi connectivity index (χ3v) is 3.68. The molecule has 4 N–H and O–H groups in total. The molecular weight excluding hydrogens is 318 g/mol. The van der Waals surface area contributed by atoms with E-state index >= 15 is 0 Å². The molecular formula is C19H21N3O3. The highest BCUT2D eigenvalue weighted by molar-refractivity contribution is 5.92. The number of carbonyl (C=O) groups is 3. The molecule has 0 saturated heterocycles. The van der Waals surface area contributed by atoms with Gasteiger partial charge in [0.1, 0.15) is 12.1 Å². The smallest absolute Gasteiger partial charge is 0.244 e. The molecule has 0 aromatic heterocycles. The lowest BCUT2D eigenvalue weighted by Crippen LogP contribution is -2.50. The van der Waals surface area contributed by atoms with Crippen molar-refractivity contribution in [2.45, 2.75) is 25.4 Å². The quantitative estimate of drug-likeness (QED) is 0.703. The van der Waals surface area contributed by atoms with E-state index in [1.54, 1.807) is 30.3 Å². The van der Waals surface area contributed by atoms with Gasteiger partial charge in [0.15, 0.2) is 0 Å². The van der Waals surface area contributed by atoms with Crippen LogP contribution in [0.2, 0.25) is 0 Å². The molecule has 2 aromatic carbocycles. The zero-order valence-corrected chi connectivity index (χ0v) is 13.9. The van der Waals surface area contributed by atoms with Crippen molar-refractivity contribution in [2.75, 3.05) is 0 Å². The second-order valence-electron chi connectivity index (χ2n) is 5.70. The van der Waals surface area contributed by atoms with Crippen molar-refractivity contribution < 1.29 is 14.4 Å². The molecule has 6 nitrogen and oxygen atoms in total. The Morgan fingerprint density at radius 1 is 0.920 bits per heavy atom. The van der Waals surface area contributed by atoms with Crippen LogP contribution in [0.5, 0.6) is 0 Å². The van der Waals surface area contributed by atoms with Crippen LogP contribution in [0.3, 0.4) is 0 Å². The molecule has 2 aromatic rings. The van der Waals surface area contributed by atoms with E-state index in [1.807, 2.05) is 30.3 Å². The Morgan fingerprint density at radius 3 is 2.00 bits per heavy atom. The van der Waals surface area contributed by atoms with Crippen molar-refractivity contribution in [2.24, 2.45) is 5.73 Å². The van der Waals surface area contributed by atoms with Gasteiger partial charge >= 0.3 is 0 Å². The molecule has 2 atom stereocenters. The zero-order chi connectivity index (χ0) is 18.2. The lowest BCUT2D eigenvalue weighted by atomic mass is 10.0. The summed E-state index contributed by atoms with van der Waals surface area (Å²) in [6.07, 6.45) is 0.312. The first-order valence-electron chi connectivity index (χ1n) is 7.93. The van der Waals surface area contributed by atoms with Crippen LogP contribution in [0.15, 0.2) is 60.7 Å². The van der Waals surface area contributed by atoms with Gasteiger partial charge in [0.25, 0.3) is 0 Å². The minimum Gasteiger partial charge on any atom is -0.368 e. The summed E-state index contributed by atoms with van der Waals surface area (Å²) in [7, 11) is 0. The number of carbonyl (C=O) groups excluding carboxylic acids is 3. The van der Waals surface area contributed by atoms with Gasteiger partial charge in [0.2, 0.25) is 17.7 Å². The highest BCUT2D eigenvalue weighted by atomic mass is 16.2. The van der Waals surface area contributed by atoms with Gasteiger partial charge in [-0.15, -0.1) is 0 Å². The molecule has 0 heterocycles. The van der Waals surface area contributed by atoms with E-state index < -0.39 is 23.9 Å². The maximum absolute atomic E-state index is 12.6. The van der Waals surface area contributed by atoms with Gasteiger partial charge in [-0.2, -0.15) is 0 Å². The first kappa shape index (κ1) is 18.2. The van der Waals surface area contributed by atoms with E-state index in [9.17, 15) is 14.4 Å². The number of nitrogens with one attached hydrogen (secondary N) is 2. The Hall–Kier alpha value is -3.15. The van der Waals surface area contributed by atoms with Gasteiger partial charge < -0.3 is 16.4 Å². The number of rotatable bonds is 7. The lowest BCUT2D eigenvalue weighted by molar-refractivity contribution is -0.130. The third-order valence-electron chi connectivity index (χ3n) is 3.68. The average Bonchev–Trinajstić information content (AvgIpc) is 2.60. The van der Waals surface area contributed by atoms with Crippen molar-refractivity contribution in [1.82, 2.24) is 10.6 Å². The lowest BCUT2D eigenvalue weighted by Gasteiger charge is -2.22. The van der Waals surface area contributed by atoms with Crippen molar-refractivity contribution in [3.05, 3.63) is 71.8 Å². The summed E-state index contributed by atoms with van der Waals surface area (Å²) < 4.78 is 0. The maximum Gasteiger partial charge on any atom is 0.244 e. The molecule has 0 unspecified atom stereocenters. The number of nitrogens with two attached hydrogens (primary N) is 1. The van der Waals surface area contributed by atoms with Crippen LogP contribution >= 0.6 is 0 Å². The predicted octanol–water partition coefficient (Wildman–Crippen LogP) is 1.08. The fourth-order valence-electron chi connectivity index (χ4n) is 2.51. The van der Waals surface area contributed by atoms with Gasteiger partial charge in [0, 0.05) is 13.3 Å². The van der Waals surface area contributed by atoms with Gasteiger partial charge in [0.05, 0.1) is 0 Å². The Balaban J connectivity index is 2.17. The van der Waals surface area contributed by atoms with E-state index in [4.69, 9.17) is 5.73 Å². The van der Waals surface area contributed by atoms with Crippen LogP contribution in [-0.2, 0) is 20.8 Å². The minimum absolute atomic E-state index is 0.312. The molecule has 0 aliphatic carbocycles. The molecule has 0 radical (unpaired) electrons. The predicted molar refractivity (Wildman–Crippen MR) is 94.3 cm³/mol. The summed E-state index contributed by atoms with van der Waals surface area (Å²) >= 11 is 0. The van der Waals surface area contributed by atoms with Crippen molar-refractivity contribution in [1.29, 1.82) is 0 Å². The van der Waals surface area contributed by atoms with E-state index in [2.05, 4.69) is 10.6 Å². The highest BCUT2D eigenvalue weighted by Gasteiger charge is 2.26. The summed E-state index contributed by atoms with van der Waals surface area (Å²) in [6, 6.07) is 16.3. The molecule has 0 aliphatic rings. The van der Waals surface area contributed by atoms with Gasteiger partial charge in [-0.05, 0) is 11.1 Å². The first-order valence-corrected chi connectivity index (χ1v) is 7.93. The summed E-state index contributed by atoms with van der Waals surface area (Å²) in [5.41, 5.74) is 6.91. The monoisotopic (exact) mass is 339 g/mol. The normalized spacial score (nSPS) is 12.7. The maximum atomic E-state index is 12.6. The number of hydrogen-bond acceptors (Lipinski definition) is 3. The molecule has 0 spiro atoms. The Labute approximate surface area is 146 Å². The summed E-state index contributed by atoms with van der Waals surface area (Å²) in [5.74, 6) is -1.46. The second-order valence-corrected chi connectivity index (χ2v) is 5.70. The minimum atomic E-state index is -0.958. The molecule has 0 aliphatic heterocycles. The highest BCUT2D eigenvalue weighted by Crippen LogP contribution is 2.13. The SMILES string of the molecule is CC(=O)N[C@@H](Cc1ccccc1)C(=O)N[C@@H](C(N)=O)c1ccccc1. The largest absolute Gasteiger partial charge is 0.368 e. The molecule has 0 fully saturated rings. The van der Waals surface area contributed by atoms with Crippen molar-refractivity contribution in [3.63, 3.8) is 0 Å². The summed E-state index contributed by atoms with van der Waals surface area (Å²) in [4.78, 5) is 35.9. The molecule has 25 heavy (non-hydrogen) atoms. The van der Waals surface area contributed by atoms with E-state index in [0.717, 1.165) is 5.56 Å². The number of hydrogen-bond donors (Lipinski definition) is 3. The van der Waals surface area contributed by atoms with Crippen LogP contribution in [0.4, 0.5) is 0 Å². The topological polar surface area (TPSA) is 101 Å². The Bertz CT molecular complexity index is 732. The molecule has 3 amide bonds. The Morgan fingerprint density at radius 2 is 1.48 bits per heavy atom. The van der Waals surface area contributed by atoms with Crippen molar-refractivity contribution >= 4 is 17.7 Å². The molecule has 130 valence electrons. The number of benzene rings is 2.